The van der Waals surface area contributed by atoms with Crippen LogP contribution < -0.4 is 0 Å². The van der Waals surface area contributed by atoms with Gasteiger partial charge in [-0.15, -0.1) is 17.9 Å². The van der Waals surface area contributed by atoms with Crippen LogP contribution in [0.3, 0.4) is 0 Å². The van der Waals surface area contributed by atoms with Crippen molar-refractivity contribution in [1.82, 2.24) is 9.80 Å². The Morgan fingerprint density at radius 3 is 2.86 bits per heavy atom. The maximum Gasteiger partial charge on any atom is 0.237 e. The predicted molar refractivity (Wildman–Crippen MR) is 86.2 cm³/mol. The molecule has 0 bridgehead atoms. The molecule has 0 radical (unpaired) electrons. The van der Waals surface area contributed by atoms with E-state index in [1.54, 1.807) is 17.4 Å². The molecular weight excluding hydrogens is 284 g/mol. The van der Waals surface area contributed by atoms with Gasteiger partial charge in [0.15, 0.2) is 0 Å². The zero-order valence-electron chi connectivity index (χ0n) is 12.8. The lowest BCUT2D eigenvalue weighted by atomic mass is 9.83. The molecule has 0 saturated carbocycles. The summed E-state index contributed by atoms with van der Waals surface area (Å²) in [5.74, 6) is 0.313. The number of nitrogens with zero attached hydrogens (tertiary/aromatic N) is 2. The Morgan fingerprint density at radius 2 is 2.33 bits per heavy atom. The highest BCUT2D eigenvalue weighted by Crippen LogP contribution is 2.28. The van der Waals surface area contributed by atoms with Crippen molar-refractivity contribution in [3.63, 3.8) is 0 Å². The summed E-state index contributed by atoms with van der Waals surface area (Å²) < 4.78 is 0. The highest BCUT2D eigenvalue weighted by atomic mass is 32.1. The molecule has 0 atom stereocenters. The normalized spacial score (nSPS) is 17.5. The first-order chi connectivity index (χ1) is 9.94. The number of rotatable bonds is 7. The van der Waals surface area contributed by atoms with Gasteiger partial charge < -0.3 is 10.0 Å². The molecule has 1 aliphatic rings. The van der Waals surface area contributed by atoms with Crippen molar-refractivity contribution in [2.24, 2.45) is 5.92 Å². The number of hydrogen-bond acceptors (Lipinski definition) is 4. The van der Waals surface area contributed by atoms with Crippen LogP contribution in [0.4, 0.5) is 0 Å². The van der Waals surface area contributed by atoms with Gasteiger partial charge in [0.1, 0.15) is 0 Å². The van der Waals surface area contributed by atoms with Gasteiger partial charge in [0.25, 0.3) is 0 Å². The Balaban J connectivity index is 1.87. The van der Waals surface area contributed by atoms with Gasteiger partial charge in [-0.3, -0.25) is 9.69 Å². The van der Waals surface area contributed by atoms with Crippen molar-refractivity contribution in [2.45, 2.75) is 26.0 Å². The fourth-order valence-corrected chi connectivity index (χ4v) is 3.22. The van der Waals surface area contributed by atoms with Gasteiger partial charge in [0, 0.05) is 24.5 Å². The van der Waals surface area contributed by atoms with Crippen molar-refractivity contribution in [3.05, 3.63) is 35.0 Å². The van der Waals surface area contributed by atoms with Gasteiger partial charge in [0.2, 0.25) is 5.91 Å². The Bertz CT molecular complexity index is 478. The Morgan fingerprint density at radius 1 is 1.62 bits per heavy atom. The average molecular weight is 308 g/mol. The second kappa shape index (κ2) is 6.73. The first-order valence-electron chi connectivity index (χ1n) is 7.30. The van der Waals surface area contributed by atoms with Crippen LogP contribution in [-0.4, -0.2) is 52.6 Å². The lowest BCUT2D eigenvalue weighted by Crippen LogP contribution is -2.65. The quantitative estimate of drug-likeness (QED) is 0.783. The highest BCUT2D eigenvalue weighted by molar-refractivity contribution is 7.09. The topological polar surface area (TPSA) is 43.8 Å². The minimum Gasteiger partial charge on any atom is -0.387 e. The number of carbonyl (C=O) groups excluding carboxylic acids is 1. The van der Waals surface area contributed by atoms with Gasteiger partial charge in [-0.05, 0) is 17.4 Å². The van der Waals surface area contributed by atoms with Crippen LogP contribution in [0.1, 0.15) is 18.7 Å². The zero-order chi connectivity index (χ0) is 15.5. The molecule has 2 heterocycles. The summed E-state index contributed by atoms with van der Waals surface area (Å²) in [6, 6.07) is 4.03. The van der Waals surface area contributed by atoms with Gasteiger partial charge in [-0.25, -0.2) is 0 Å². The van der Waals surface area contributed by atoms with Crippen molar-refractivity contribution in [2.75, 3.05) is 26.2 Å². The molecule has 1 fully saturated rings. The first kappa shape index (κ1) is 16.2. The lowest BCUT2D eigenvalue weighted by Gasteiger charge is -2.49. The first-order valence-corrected chi connectivity index (χ1v) is 8.18. The Kier molecular flexibility index (Phi) is 5.19. The van der Waals surface area contributed by atoms with Crippen LogP contribution in [0.2, 0.25) is 0 Å². The second-order valence-corrected chi connectivity index (χ2v) is 7.08. The number of hydrogen-bond donors (Lipinski definition) is 1. The molecule has 1 aliphatic heterocycles. The third kappa shape index (κ3) is 3.93. The SMILES string of the molecule is C=CCN(Cc1cccs1)C(=O)CN1CC(O)(C(C)C)C1. The molecule has 4 nitrogen and oxygen atoms in total. The number of β-amino-alcohol motifs (C(OH)–C–C–N with tert-alkyl or cyclic N) is 1. The maximum atomic E-state index is 12.4. The Labute approximate surface area is 130 Å². The molecule has 1 aromatic heterocycles. The molecular formula is C16H24N2O2S. The number of aliphatic hydroxyl groups is 1. The molecule has 2 rings (SSSR count). The summed E-state index contributed by atoms with van der Waals surface area (Å²) in [5, 5.41) is 12.3. The minimum absolute atomic E-state index is 0.0918. The van der Waals surface area contributed by atoms with E-state index >= 15 is 0 Å². The van der Waals surface area contributed by atoms with E-state index in [9.17, 15) is 9.90 Å². The van der Waals surface area contributed by atoms with Gasteiger partial charge in [0.05, 0.1) is 18.7 Å². The Hall–Kier alpha value is -1.17. The summed E-state index contributed by atoms with van der Waals surface area (Å²) in [4.78, 5) is 17.4. The minimum atomic E-state index is -0.628. The van der Waals surface area contributed by atoms with E-state index in [0.717, 1.165) is 0 Å². The third-order valence-corrected chi connectivity index (χ3v) is 4.92. The maximum absolute atomic E-state index is 12.4. The van der Waals surface area contributed by atoms with Crippen LogP contribution in [0.25, 0.3) is 0 Å². The van der Waals surface area contributed by atoms with Crippen LogP contribution in [0.15, 0.2) is 30.2 Å². The number of amides is 1. The van der Waals surface area contributed by atoms with Gasteiger partial charge >= 0.3 is 0 Å². The molecule has 0 aliphatic carbocycles. The van der Waals surface area contributed by atoms with Crippen molar-refractivity contribution < 1.29 is 9.90 Å². The highest BCUT2D eigenvalue weighted by Gasteiger charge is 2.44. The molecule has 116 valence electrons. The van der Waals surface area contributed by atoms with Gasteiger partial charge in [-0.1, -0.05) is 26.0 Å². The van der Waals surface area contributed by atoms with E-state index in [2.05, 4.69) is 6.58 Å². The molecule has 0 aromatic carbocycles. The van der Waals surface area contributed by atoms with Crippen LogP contribution in [0.5, 0.6) is 0 Å². The molecule has 21 heavy (non-hydrogen) atoms. The fraction of sp³-hybridized carbons (Fsp3) is 0.562. The zero-order valence-corrected chi connectivity index (χ0v) is 13.6. The van der Waals surface area contributed by atoms with Crippen molar-refractivity contribution in [3.8, 4) is 0 Å². The van der Waals surface area contributed by atoms with Crippen LogP contribution in [0, 0.1) is 5.92 Å². The molecule has 5 heteroatoms. The smallest absolute Gasteiger partial charge is 0.237 e. The number of likely N-dealkylation sites (tertiary alicyclic amines) is 1. The van der Waals surface area contributed by atoms with Crippen molar-refractivity contribution >= 4 is 17.2 Å². The van der Waals surface area contributed by atoms with E-state index in [1.807, 2.05) is 41.2 Å². The monoisotopic (exact) mass is 308 g/mol. The van der Waals surface area contributed by atoms with Crippen LogP contribution in [-0.2, 0) is 11.3 Å². The van der Waals surface area contributed by atoms with Crippen molar-refractivity contribution in [1.29, 1.82) is 0 Å². The lowest BCUT2D eigenvalue weighted by molar-refractivity contribution is -0.149. The van der Waals surface area contributed by atoms with E-state index in [-0.39, 0.29) is 11.8 Å². The molecule has 1 aromatic rings. The molecule has 1 N–H and O–H groups in total. The number of thiophene rings is 1. The standard InChI is InChI=1S/C16H24N2O2S/c1-4-7-18(9-14-6-5-8-21-14)15(19)10-17-11-16(20,12-17)13(2)3/h4-6,8,13,20H,1,7,9-12H2,2-3H3. The average Bonchev–Trinajstić information content (AvgIpc) is 2.88. The van der Waals surface area contributed by atoms with E-state index < -0.39 is 5.60 Å². The molecule has 1 saturated heterocycles. The van der Waals surface area contributed by atoms with Gasteiger partial charge in [-0.2, -0.15) is 0 Å². The largest absolute Gasteiger partial charge is 0.387 e. The van der Waals surface area contributed by atoms with Crippen LogP contribution >= 0.6 is 11.3 Å². The summed E-state index contributed by atoms with van der Waals surface area (Å²) in [6.07, 6.45) is 1.76. The summed E-state index contributed by atoms with van der Waals surface area (Å²) in [6.45, 7) is 10.5. The van der Waals surface area contributed by atoms with E-state index in [1.165, 1.54) is 4.88 Å². The van der Waals surface area contributed by atoms with E-state index in [4.69, 9.17) is 0 Å². The molecule has 1 amide bonds. The molecule has 0 unspecified atom stereocenters. The third-order valence-electron chi connectivity index (χ3n) is 4.06. The number of carbonyl (C=O) groups is 1. The molecule has 0 spiro atoms. The van der Waals surface area contributed by atoms with E-state index in [0.29, 0.717) is 32.7 Å². The fourth-order valence-electron chi connectivity index (χ4n) is 2.50. The second-order valence-electron chi connectivity index (χ2n) is 6.05. The summed E-state index contributed by atoms with van der Waals surface area (Å²) >= 11 is 1.66. The predicted octanol–water partition coefficient (Wildman–Crippen LogP) is 1.97. The summed E-state index contributed by atoms with van der Waals surface area (Å²) in [7, 11) is 0. The summed E-state index contributed by atoms with van der Waals surface area (Å²) in [5.41, 5.74) is -0.628.